The third kappa shape index (κ3) is 3.31. The zero-order valence-electron chi connectivity index (χ0n) is 10.8. The van der Waals surface area contributed by atoms with Gasteiger partial charge < -0.3 is 15.6 Å². The molecule has 0 amide bonds. The summed E-state index contributed by atoms with van der Waals surface area (Å²) in [6.07, 6.45) is 1.96. The number of nitrogens with two attached hydrogens (primary N) is 1. The average molecular weight is 280 g/mol. The van der Waals surface area contributed by atoms with E-state index in [0.29, 0.717) is 29.4 Å². The van der Waals surface area contributed by atoms with E-state index in [-0.39, 0.29) is 11.7 Å². The molecule has 0 atom stereocenters. The van der Waals surface area contributed by atoms with Crippen molar-refractivity contribution in [3.63, 3.8) is 0 Å². The second kappa shape index (κ2) is 5.83. The van der Waals surface area contributed by atoms with Crippen LogP contribution in [0.25, 0.3) is 0 Å². The molecule has 2 rings (SSSR count). The first kappa shape index (κ1) is 13.5. The maximum Gasteiger partial charge on any atom is 0.213 e. The normalized spacial score (nSPS) is 10.9. The van der Waals surface area contributed by atoms with Gasteiger partial charge in [0.15, 0.2) is 11.6 Å². The minimum atomic E-state index is -0.0480. The van der Waals surface area contributed by atoms with Crippen molar-refractivity contribution in [1.29, 1.82) is 0 Å². The molecule has 0 aromatic carbocycles. The van der Waals surface area contributed by atoms with Gasteiger partial charge in [0.25, 0.3) is 0 Å². The highest BCUT2D eigenvalue weighted by molar-refractivity contribution is 7.18. The van der Waals surface area contributed by atoms with E-state index >= 15 is 0 Å². The number of nitrogen functional groups attached to an aromatic ring is 1. The molecule has 0 fully saturated rings. The summed E-state index contributed by atoms with van der Waals surface area (Å²) in [6.45, 7) is 4.39. The lowest BCUT2D eigenvalue weighted by molar-refractivity contribution is 0.0944. The molecule has 0 saturated heterocycles. The van der Waals surface area contributed by atoms with E-state index in [1.807, 2.05) is 13.8 Å². The lowest BCUT2D eigenvalue weighted by Gasteiger charge is -2.01. The number of rotatable bonds is 6. The molecule has 0 saturated carbocycles. The fourth-order valence-electron chi connectivity index (χ4n) is 1.55. The molecule has 102 valence electrons. The first-order valence-corrected chi connectivity index (χ1v) is 6.82. The summed E-state index contributed by atoms with van der Waals surface area (Å²) >= 11 is 1.38. The minimum Gasteiger partial charge on any atom is -0.397 e. The fraction of sp³-hybridized carbons (Fsp3) is 0.417. The Labute approximate surface area is 115 Å². The molecule has 2 aromatic rings. The van der Waals surface area contributed by atoms with Gasteiger partial charge in [-0.05, 0) is 6.07 Å². The molecule has 2 aromatic heterocycles. The maximum absolute atomic E-state index is 11.9. The lowest BCUT2D eigenvalue weighted by atomic mass is 10.1. The van der Waals surface area contributed by atoms with E-state index in [4.69, 9.17) is 5.73 Å². The Morgan fingerprint density at radius 3 is 3.00 bits per heavy atom. The van der Waals surface area contributed by atoms with Crippen LogP contribution in [0.2, 0.25) is 0 Å². The highest BCUT2D eigenvalue weighted by Crippen LogP contribution is 2.31. The fourth-order valence-corrected chi connectivity index (χ4v) is 2.64. The number of anilines is 2. The number of aromatic nitrogens is 2. The predicted octanol–water partition coefficient (Wildman–Crippen LogP) is 2.21. The van der Waals surface area contributed by atoms with E-state index in [0.717, 1.165) is 5.00 Å². The molecule has 0 aliphatic rings. The van der Waals surface area contributed by atoms with Crippen LogP contribution >= 0.6 is 11.3 Å². The highest BCUT2D eigenvalue weighted by atomic mass is 32.1. The summed E-state index contributed by atoms with van der Waals surface area (Å²) in [6, 6.07) is 1.79. The van der Waals surface area contributed by atoms with Crippen molar-refractivity contribution in [1.82, 2.24) is 10.1 Å². The third-order valence-corrected chi connectivity index (χ3v) is 3.69. The van der Waals surface area contributed by atoms with Crippen LogP contribution in [0.3, 0.4) is 0 Å². The molecule has 7 heteroatoms. The predicted molar refractivity (Wildman–Crippen MR) is 74.4 cm³/mol. The number of hydrogen-bond acceptors (Lipinski definition) is 7. The van der Waals surface area contributed by atoms with E-state index in [1.54, 1.807) is 6.07 Å². The van der Waals surface area contributed by atoms with Crippen molar-refractivity contribution in [2.45, 2.75) is 20.3 Å². The van der Waals surface area contributed by atoms with Crippen LogP contribution in [0.1, 0.15) is 29.3 Å². The number of carbonyl (C=O) groups excluding carboxylic acids is 1. The number of ketones is 1. The third-order valence-electron chi connectivity index (χ3n) is 2.56. The first-order chi connectivity index (χ1) is 9.08. The molecule has 3 N–H and O–H groups in total. The summed E-state index contributed by atoms with van der Waals surface area (Å²) in [7, 11) is 0. The Hall–Kier alpha value is -1.89. The van der Waals surface area contributed by atoms with Gasteiger partial charge in [-0.1, -0.05) is 19.0 Å². The van der Waals surface area contributed by atoms with Gasteiger partial charge in [-0.25, -0.2) is 0 Å². The summed E-state index contributed by atoms with van der Waals surface area (Å²) in [5.74, 6) is 0.678. The molecule has 0 bridgehead atoms. The Bertz CT molecular complexity index is 548. The molecule has 19 heavy (non-hydrogen) atoms. The number of Topliss-reactive ketones (excluding diaryl/α,β-unsaturated/α-hetero) is 1. The maximum atomic E-state index is 11.9. The summed E-state index contributed by atoms with van der Waals surface area (Å²) < 4.78 is 4.65. The summed E-state index contributed by atoms with van der Waals surface area (Å²) in [5, 5.41) is 7.80. The Kier molecular flexibility index (Phi) is 4.16. The smallest absolute Gasteiger partial charge is 0.213 e. The van der Waals surface area contributed by atoms with Crippen LogP contribution in [-0.2, 0) is 6.42 Å². The quantitative estimate of drug-likeness (QED) is 0.788. The zero-order valence-corrected chi connectivity index (χ0v) is 11.7. The van der Waals surface area contributed by atoms with Crippen molar-refractivity contribution in [3.8, 4) is 0 Å². The van der Waals surface area contributed by atoms with Crippen LogP contribution in [0.5, 0.6) is 0 Å². The van der Waals surface area contributed by atoms with Crippen LogP contribution in [-0.4, -0.2) is 22.5 Å². The van der Waals surface area contributed by atoms with Gasteiger partial charge in [-0.3, -0.25) is 4.79 Å². The van der Waals surface area contributed by atoms with Gasteiger partial charge in [0.05, 0.1) is 15.6 Å². The van der Waals surface area contributed by atoms with E-state index < -0.39 is 0 Å². The Balaban J connectivity index is 1.94. The molecule has 6 nitrogen and oxygen atoms in total. The molecule has 0 radical (unpaired) electrons. The van der Waals surface area contributed by atoms with Gasteiger partial charge in [0, 0.05) is 18.9 Å². The van der Waals surface area contributed by atoms with Gasteiger partial charge in [-0.2, -0.15) is 4.98 Å². The number of nitrogens with zero attached hydrogens (tertiary/aromatic N) is 2. The minimum absolute atomic E-state index is 0.0480. The highest BCUT2D eigenvalue weighted by Gasteiger charge is 2.17. The largest absolute Gasteiger partial charge is 0.397 e. The van der Waals surface area contributed by atoms with Gasteiger partial charge in [-0.15, -0.1) is 11.3 Å². The van der Waals surface area contributed by atoms with E-state index in [2.05, 4.69) is 20.0 Å². The Morgan fingerprint density at radius 2 is 2.37 bits per heavy atom. The molecule has 0 unspecified atom stereocenters. The molecular weight excluding hydrogens is 264 g/mol. The molecule has 2 heterocycles. The van der Waals surface area contributed by atoms with Gasteiger partial charge in [0.2, 0.25) is 6.39 Å². The molecular formula is C12H16N4O2S. The number of thiophene rings is 1. The molecule has 0 spiro atoms. The van der Waals surface area contributed by atoms with E-state index in [1.165, 1.54) is 17.7 Å². The topological polar surface area (TPSA) is 94.0 Å². The molecule has 0 aliphatic carbocycles. The summed E-state index contributed by atoms with van der Waals surface area (Å²) in [5.41, 5.74) is 6.39. The molecule has 0 aliphatic heterocycles. The first-order valence-electron chi connectivity index (χ1n) is 6.00. The van der Waals surface area contributed by atoms with Gasteiger partial charge >= 0.3 is 0 Å². The second-order valence-electron chi connectivity index (χ2n) is 4.44. The van der Waals surface area contributed by atoms with Crippen molar-refractivity contribution in [2.24, 2.45) is 5.92 Å². The lowest BCUT2D eigenvalue weighted by Crippen LogP contribution is -2.07. The second-order valence-corrected chi connectivity index (χ2v) is 5.49. The van der Waals surface area contributed by atoms with Crippen molar-refractivity contribution < 1.29 is 9.32 Å². The number of carbonyl (C=O) groups is 1. The SMILES string of the molecule is CC(C)C(=O)c1sc(NCCc2ncon2)cc1N. The van der Waals surface area contributed by atoms with Crippen molar-refractivity contribution >= 4 is 27.8 Å². The number of nitrogens with one attached hydrogen (secondary N) is 1. The zero-order chi connectivity index (χ0) is 13.8. The number of hydrogen-bond donors (Lipinski definition) is 2. The van der Waals surface area contributed by atoms with Crippen molar-refractivity contribution in [2.75, 3.05) is 17.6 Å². The Morgan fingerprint density at radius 1 is 1.58 bits per heavy atom. The summed E-state index contributed by atoms with van der Waals surface area (Å²) in [4.78, 5) is 16.5. The van der Waals surface area contributed by atoms with Gasteiger partial charge in [0.1, 0.15) is 0 Å². The standard InChI is InChI=1S/C12H16N4O2S/c1-7(2)11(17)12-8(13)5-10(19-12)14-4-3-9-15-6-18-16-9/h5-7,14H,3-4,13H2,1-2H3. The monoisotopic (exact) mass is 280 g/mol. The van der Waals surface area contributed by atoms with Crippen LogP contribution in [0, 0.1) is 5.92 Å². The van der Waals surface area contributed by atoms with Crippen LogP contribution < -0.4 is 11.1 Å². The van der Waals surface area contributed by atoms with Crippen LogP contribution in [0.4, 0.5) is 10.7 Å². The average Bonchev–Trinajstić information content (AvgIpc) is 2.98. The van der Waals surface area contributed by atoms with Crippen LogP contribution in [0.15, 0.2) is 17.0 Å². The van der Waals surface area contributed by atoms with Crippen molar-refractivity contribution in [3.05, 3.63) is 23.2 Å². The van der Waals surface area contributed by atoms with E-state index in [9.17, 15) is 4.79 Å².